The van der Waals surface area contributed by atoms with Gasteiger partial charge < -0.3 is 20.7 Å². The number of benzene rings is 3. The number of carbonyl (C=O) groups is 1. The van der Waals surface area contributed by atoms with Crippen LogP contribution in [0.1, 0.15) is 39.9 Å². The zero-order valence-corrected chi connectivity index (χ0v) is 19.5. The van der Waals surface area contributed by atoms with E-state index >= 15 is 0 Å². The lowest BCUT2D eigenvalue weighted by Crippen LogP contribution is -2.45. The molecule has 3 aromatic rings. The highest BCUT2D eigenvalue weighted by atomic mass is 35.5. The number of hydrogen-bond donors (Lipinski definition) is 3. The van der Waals surface area contributed by atoms with Crippen molar-refractivity contribution in [3.63, 3.8) is 0 Å². The molecule has 7 heteroatoms. The van der Waals surface area contributed by atoms with Crippen molar-refractivity contribution in [2.24, 2.45) is 0 Å². The number of nitrogens with two attached hydrogens (primary N) is 1. The third-order valence-corrected chi connectivity index (χ3v) is 7.05. The number of nitrogens with one attached hydrogen (secondary N) is 2. The quantitative estimate of drug-likeness (QED) is 0.358. The molecule has 2 heterocycles. The van der Waals surface area contributed by atoms with Crippen molar-refractivity contribution in [2.75, 3.05) is 23.8 Å². The van der Waals surface area contributed by atoms with Crippen molar-refractivity contribution in [1.29, 1.82) is 5.41 Å². The predicted octanol–water partition coefficient (Wildman–Crippen LogP) is 4.64. The van der Waals surface area contributed by atoms with Crippen molar-refractivity contribution in [2.45, 2.75) is 31.5 Å². The second-order valence-corrected chi connectivity index (χ2v) is 9.23. The van der Waals surface area contributed by atoms with Crippen LogP contribution in [0.4, 0.5) is 11.4 Å². The summed E-state index contributed by atoms with van der Waals surface area (Å²) in [5.74, 6) is -0.243. The van der Waals surface area contributed by atoms with E-state index in [9.17, 15) is 4.79 Å². The molecule has 4 N–H and O–H groups in total. The van der Waals surface area contributed by atoms with Crippen molar-refractivity contribution in [1.82, 2.24) is 5.32 Å². The van der Waals surface area contributed by atoms with Gasteiger partial charge in [-0.25, -0.2) is 0 Å². The molecule has 2 atom stereocenters. The Bertz CT molecular complexity index is 1210. The van der Waals surface area contributed by atoms with E-state index in [2.05, 4.69) is 22.3 Å². The van der Waals surface area contributed by atoms with Crippen molar-refractivity contribution in [3.05, 3.63) is 94.0 Å². The van der Waals surface area contributed by atoms with Crippen LogP contribution in [-0.2, 0) is 11.3 Å². The molecule has 5 rings (SSSR count). The summed E-state index contributed by atoms with van der Waals surface area (Å²) in [5.41, 5.74) is 10.7. The maximum Gasteiger partial charge on any atom is 0.251 e. The maximum absolute atomic E-state index is 12.8. The zero-order chi connectivity index (χ0) is 23.7. The molecular weight excluding hydrogens is 448 g/mol. The standard InChI is InChI=1S/C27H27ClN4O2/c28-24-4-2-1-3-19(24)14-31-27(33)18-7-12-25(29)23(13-18)26(30)17-5-8-20(9-6-17)32-21-10-11-22(32)16-34-15-21/h1-9,12-13,21-22,30H,10-11,14-16,29H2,(H,31,33). The van der Waals surface area contributed by atoms with Gasteiger partial charge in [-0.15, -0.1) is 0 Å². The lowest BCUT2D eigenvalue weighted by Gasteiger charge is -2.36. The summed E-state index contributed by atoms with van der Waals surface area (Å²) in [5, 5.41) is 12.3. The van der Waals surface area contributed by atoms with E-state index in [1.165, 1.54) is 0 Å². The molecule has 34 heavy (non-hydrogen) atoms. The molecule has 3 aromatic carbocycles. The Labute approximate surface area is 204 Å². The first kappa shape index (κ1) is 22.4. The number of hydrogen-bond acceptors (Lipinski definition) is 5. The molecular formula is C27H27ClN4O2. The number of carbonyl (C=O) groups excluding carboxylic acids is 1. The second kappa shape index (κ2) is 9.49. The van der Waals surface area contributed by atoms with Gasteiger partial charge in [0, 0.05) is 39.6 Å². The number of ether oxygens (including phenoxy) is 1. The highest BCUT2D eigenvalue weighted by Gasteiger charge is 2.37. The molecule has 174 valence electrons. The van der Waals surface area contributed by atoms with Crippen LogP contribution in [-0.4, -0.2) is 36.9 Å². The minimum absolute atomic E-state index is 0.243. The lowest BCUT2D eigenvalue weighted by molar-refractivity contribution is 0.0906. The van der Waals surface area contributed by atoms with Crippen LogP contribution < -0.4 is 16.0 Å². The van der Waals surface area contributed by atoms with Crippen LogP contribution >= 0.6 is 11.6 Å². The van der Waals surface area contributed by atoms with Gasteiger partial charge in [-0.1, -0.05) is 41.9 Å². The third-order valence-electron chi connectivity index (χ3n) is 6.68. The highest BCUT2D eigenvalue weighted by molar-refractivity contribution is 6.31. The van der Waals surface area contributed by atoms with Crippen LogP contribution in [0.5, 0.6) is 0 Å². The Hall–Kier alpha value is -3.35. The van der Waals surface area contributed by atoms with Crippen LogP contribution in [0, 0.1) is 5.41 Å². The van der Waals surface area contributed by atoms with Gasteiger partial charge in [0.1, 0.15) is 0 Å². The van der Waals surface area contributed by atoms with Crippen molar-refractivity contribution >= 4 is 34.6 Å². The second-order valence-electron chi connectivity index (χ2n) is 8.83. The summed E-state index contributed by atoms with van der Waals surface area (Å²) in [6.07, 6.45) is 2.31. The number of rotatable bonds is 6. The molecule has 0 radical (unpaired) electrons. The van der Waals surface area contributed by atoms with Gasteiger partial charge >= 0.3 is 0 Å². The van der Waals surface area contributed by atoms with Gasteiger partial charge in [0.05, 0.1) is 31.0 Å². The van der Waals surface area contributed by atoms with E-state index in [4.69, 9.17) is 27.5 Å². The molecule has 1 amide bonds. The Morgan fingerprint density at radius 1 is 1.03 bits per heavy atom. The third kappa shape index (κ3) is 4.39. The first-order chi connectivity index (χ1) is 16.5. The molecule has 2 aliphatic rings. The van der Waals surface area contributed by atoms with Gasteiger partial charge in [0.2, 0.25) is 0 Å². The van der Waals surface area contributed by atoms with E-state index in [-0.39, 0.29) is 11.6 Å². The largest absolute Gasteiger partial charge is 0.398 e. The van der Waals surface area contributed by atoms with E-state index in [1.54, 1.807) is 24.3 Å². The number of amides is 1. The van der Waals surface area contributed by atoms with Gasteiger partial charge in [-0.2, -0.15) is 0 Å². The minimum Gasteiger partial charge on any atom is -0.398 e. The molecule has 0 aliphatic carbocycles. The summed E-state index contributed by atoms with van der Waals surface area (Å²) in [6.45, 7) is 1.87. The number of nitrogens with zero attached hydrogens (tertiary/aromatic N) is 1. The predicted molar refractivity (Wildman–Crippen MR) is 136 cm³/mol. The fourth-order valence-corrected chi connectivity index (χ4v) is 5.04. The highest BCUT2D eigenvalue weighted by Crippen LogP contribution is 2.34. The van der Waals surface area contributed by atoms with Gasteiger partial charge in [0.15, 0.2) is 0 Å². The first-order valence-electron chi connectivity index (χ1n) is 11.5. The summed E-state index contributed by atoms with van der Waals surface area (Å²) >= 11 is 6.18. The van der Waals surface area contributed by atoms with E-state index in [0.717, 1.165) is 42.9 Å². The van der Waals surface area contributed by atoms with Gasteiger partial charge in [-0.05, 0) is 54.8 Å². The fraction of sp³-hybridized carbons (Fsp3) is 0.259. The van der Waals surface area contributed by atoms with Gasteiger partial charge in [0.25, 0.3) is 5.91 Å². The molecule has 6 nitrogen and oxygen atoms in total. The fourth-order valence-electron chi connectivity index (χ4n) is 4.84. The Kier molecular flexibility index (Phi) is 6.26. The van der Waals surface area contributed by atoms with E-state index in [1.807, 2.05) is 30.3 Å². The minimum atomic E-state index is -0.243. The smallest absolute Gasteiger partial charge is 0.251 e. The molecule has 2 fully saturated rings. The molecule has 2 unspecified atom stereocenters. The number of anilines is 2. The number of fused-ring (bicyclic) bond motifs is 2. The Balaban J connectivity index is 1.31. The van der Waals surface area contributed by atoms with E-state index < -0.39 is 0 Å². The zero-order valence-electron chi connectivity index (χ0n) is 18.8. The average Bonchev–Trinajstić information content (AvgIpc) is 3.11. The van der Waals surface area contributed by atoms with Crippen LogP contribution in [0.3, 0.4) is 0 Å². The molecule has 2 aliphatic heterocycles. The molecule has 0 aromatic heterocycles. The monoisotopic (exact) mass is 474 g/mol. The molecule has 2 saturated heterocycles. The van der Waals surface area contributed by atoms with Crippen LogP contribution in [0.2, 0.25) is 5.02 Å². The topological polar surface area (TPSA) is 91.4 Å². The summed E-state index contributed by atoms with van der Waals surface area (Å²) in [6, 6.07) is 21.3. The number of halogens is 1. The Morgan fingerprint density at radius 2 is 1.71 bits per heavy atom. The van der Waals surface area contributed by atoms with Crippen LogP contribution in [0.25, 0.3) is 0 Å². The van der Waals surface area contributed by atoms with Crippen LogP contribution in [0.15, 0.2) is 66.7 Å². The first-order valence-corrected chi connectivity index (χ1v) is 11.9. The average molecular weight is 475 g/mol. The Morgan fingerprint density at radius 3 is 2.41 bits per heavy atom. The number of nitrogen functional groups attached to an aromatic ring is 1. The maximum atomic E-state index is 12.8. The number of morpholine rings is 1. The molecule has 0 saturated carbocycles. The summed E-state index contributed by atoms with van der Waals surface area (Å²) in [4.78, 5) is 15.2. The SMILES string of the molecule is N=C(c1ccc(N2C3CCC2COC3)cc1)c1cc(C(=O)NCc2ccccc2Cl)ccc1N. The van der Waals surface area contributed by atoms with E-state index in [0.29, 0.717) is 40.5 Å². The summed E-state index contributed by atoms with van der Waals surface area (Å²) in [7, 11) is 0. The van der Waals surface area contributed by atoms with Crippen molar-refractivity contribution in [3.8, 4) is 0 Å². The van der Waals surface area contributed by atoms with Crippen molar-refractivity contribution < 1.29 is 9.53 Å². The lowest BCUT2D eigenvalue weighted by atomic mass is 9.98. The summed E-state index contributed by atoms with van der Waals surface area (Å²) < 4.78 is 5.69. The normalized spacial score (nSPS) is 19.1. The molecule has 2 bridgehead atoms. The molecule has 0 spiro atoms. The van der Waals surface area contributed by atoms with Gasteiger partial charge in [-0.3, -0.25) is 10.2 Å².